The molecule has 1 N–H and O–H groups in total. The predicted octanol–water partition coefficient (Wildman–Crippen LogP) is 2.12. The zero-order chi connectivity index (χ0) is 15.8. The maximum atomic E-state index is 12.3. The SMILES string of the molecule is COc1cncc(C(=O)C(CCCCC(=O)O)C(C)=O)c1. The number of nitrogens with zero attached hydrogens (tertiary/aromatic N) is 1. The molecule has 1 aromatic rings. The van der Waals surface area contributed by atoms with Crippen molar-refractivity contribution in [2.24, 2.45) is 5.92 Å². The summed E-state index contributed by atoms with van der Waals surface area (Å²) in [5.41, 5.74) is 0.327. The highest BCUT2D eigenvalue weighted by Crippen LogP contribution is 2.19. The Morgan fingerprint density at radius 2 is 2.00 bits per heavy atom. The summed E-state index contributed by atoms with van der Waals surface area (Å²) < 4.78 is 5.01. The number of carbonyl (C=O) groups excluding carboxylic acids is 2. The first-order chi connectivity index (χ1) is 9.95. The maximum absolute atomic E-state index is 12.3. The van der Waals surface area contributed by atoms with Gasteiger partial charge in [0.1, 0.15) is 11.5 Å². The molecule has 0 saturated carbocycles. The Morgan fingerprint density at radius 1 is 1.29 bits per heavy atom. The summed E-state index contributed by atoms with van der Waals surface area (Å²) in [6, 6.07) is 1.54. The van der Waals surface area contributed by atoms with E-state index in [1.54, 1.807) is 6.07 Å². The summed E-state index contributed by atoms with van der Waals surface area (Å²) in [4.78, 5) is 38.4. The molecule has 0 bridgehead atoms. The van der Waals surface area contributed by atoms with Crippen LogP contribution in [0.1, 0.15) is 43.0 Å². The van der Waals surface area contributed by atoms with Crippen molar-refractivity contribution in [3.63, 3.8) is 0 Å². The molecular formula is C15H19NO5. The van der Waals surface area contributed by atoms with Crippen LogP contribution >= 0.6 is 0 Å². The smallest absolute Gasteiger partial charge is 0.303 e. The lowest BCUT2D eigenvalue weighted by Crippen LogP contribution is -2.22. The van der Waals surface area contributed by atoms with Crippen molar-refractivity contribution < 1.29 is 24.2 Å². The molecule has 1 unspecified atom stereocenters. The van der Waals surface area contributed by atoms with Crippen LogP contribution in [0.2, 0.25) is 0 Å². The molecule has 6 heteroatoms. The second-order valence-electron chi connectivity index (χ2n) is 4.78. The monoisotopic (exact) mass is 293 g/mol. The highest BCUT2D eigenvalue weighted by Gasteiger charge is 2.24. The standard InChI is InChI=1S/C15H19NO5/c1-10(17)13(5-3-4-6-14(18)19)15(20)11-7-12(21-2)9-16-8-11/h7-9,13H,3-6H2,1-2H3,(H,18,19). The average molecular weight is 293 g/mol. The minimum Gasteiger partial charge on any atom is -0.495 e. The Bertz CT molecular complexity index is 527. The van der Waals surface area contributed by atoms with Crippen molar-refractivity contribution in [1.29, 1.82) is 0 Å². The summed E-state index contributed by atoms with van der Waals surface area (Å²) in [5, 5.41) is 8.58. The van der Waals surface area contributed by atoms with Crippen LogP contribution < -0.4 is 4.74 Å². The number of pyridine rings is 1. The van der Waals surface area contributed by atoms with Crippen molar-refractivity contribution in [2.45, 2.75) is 32.6 Å². The largest absolute Gasteiger partial charge is 0.495 e. The summed E-state index contributed by atoms with van der Waals surface area (Å²) in [6.45, 7) is 1.37. The molecule has 0 saturated heterocycles. The van der Waals surface area contributed by atoms with E-state index in [1.165, 1.54) is 26.4 Å². The van der Waals surface area contributed by atoms with Crippen molar-refractivity contribution in [1.82, 2.24) is 4.98 Å². The van der Waals surface area contributed by atoms with Gasteiger partial charge in [-0.1, -0.05) is 6.42 Å². The molecule has 21 heavy (non-hydrogen) atoms. The average Bonchev–Trinajstić information content (AvgIpc) is 2.46. The first kappa shape index (κ1) is 16.8. The van der Waals surface area contributed by atoms with E-state index in [0.29, 0.717) is 30.6 Å². The number of unbranched alkanes of at least 4 members (excludes halogenated alkanes) is 1. The third-order valence-corrected chi connectivity index (χ3v) is 3.17. The topological polar surface area (TPSA) is 93.6 Å². The summed E-state index contributed by atoms with van der Waals surface area (Å²) in [7, 11) is 1.47. The number of carboxylic acids is 1. The molecule has 1 atom stereocenters. The number of rotatable bonds is 9. The number of aliphatic carboxylic acids is 1. The van der Waals surface area contributed by atoms with Gasteiger partial charge in [0, 0.05) is 18.2 Å². The molecule has 114 valence electrons. The molecule has 0 aliphatic carbocycles. The fraction of sp³-hybridized carbons (Fsp3) is 0.467. The van der Waals surface area contributed by atoms with Gasteiger partial charge in [-0.15, -0.1) is 0 Å². The lowest BCUT2D eigenvalue weighted by Gasteiger charge is -2.12. The molecule has 0 amide bonds. The summed E-state index contributed by atoms with van der Waals surface area (Å²) in [5.74, 6) is -1.71. The van der Waals surface area contributed by atoms with E-state index in [0.717, 1.165) is 0 Å². The van der Waals surface area contributed by atoms with Gasteiger partial charge >= 0.3 is 5.97 Å². The minimum absolute atomic E-state index is 0.0412. The van der Waals surface area contributed by atoms with Crippen LogP contribution in [0.15, 0.2) is 18.5 Å². The molecule has 0 aliphatic heterocycles. The number of ketones is 2. The second-order valence-corrected chi connectivity index (χ2v) is 4.78. The highest BCUT2D eigenvalue weighted by molar-refractivity contribution is 6.10. The van der Waals surface area contributed by atoms with E-state index in [-0.39, 0.29) is 18.0 Å². The van der Waals surface area contributed by atoms with Crippen LogP contribution in [0, 0.1) is 5.92 Å². The number of ether oxygens (including phenoxy) is 1. The maximum Gasteiger partial charge on any atom is 0.303 e. The van der Waals surface area contributed by atoms with Crippen LogP contribution in [0.3, 0.4) is 0 Å². The fourth-order valence-electron chi connectivity index (χ4n) is 2.01. The first-order valence-corrected chi connectivity index (χ1v) is 6.71. The molecule has 1 aromatic heterocycles. The fourth-order valence-corrected chi connectivity index (χ4v) is 2.01. The number of aromatic nitrogens is 1. The van der Waals surface area contributed by atoms with Crippen LogP contribution in [-0.2, 0) is 9.59 Å². The molecule has 1 rings (SSSR count). The van der Waals surface area contributed by atoms with Gasteiger partial charge in [0.25, 0.3) is 0 Å². The zero-order valence-corrected chi connectivity index (χ0v) is 12.2. The normalized spacial score (nSPS) is 11.7. The molecule has 0 aromatic carbocycles. The van der Waals surface area contributed by atoms with Crippen LogP contribution in [0.5, 0.6) is 5.75 Å². The number of carbonyl (C=O) groups is 3. The van der Waals surface area contributed by atoms with E-state index in [1.807, 2.05) is 0 Å². The quantitative estimate of drug-likeness (QED) is 0.426. The van der Waals surface area contributed by atoms with Crippen molar-refractivity contribution in [3.05, 3.63) is 24.0 Å². The second kappa shape index (κ2) is 8.14. The van der Waals surface area contributed by atoms with Crippen LogP contribution in [0.25, 0.3) is 0 Å². The number of methoxy groups -OCH3 is 1. The Labute approximate surface area is 123 Å². The third kappa shape index (κ3) is 5.33. The van der Waals surface area contributed by atoms with Gasteiger partial charge in [0.05, 0.1) is 19.2 Å². The zero-order valence-electron chi connectivity index (χ0n) is 12.2. The van der Waals surface area contributed by atoms with Crippen molar-refractivity contribution in [3.8, 4) is 5.75 Å². The Morgan fingerprint density at radius 3 is 2.57 bits per heavy atom. The van der Waals surface area contributed by atoms with Crippen LogP contribution in [0.4, 0.5) is 0 Å². The highest BCUT2D eigenvalue weighted by atomic mass is 16.5. The van der Waals surface area contributed by atoms with Crippen molar-refractivity contribution >= 4 is 17.5 Å². The molecule has 0 radical (unpaired) electrons. The Kier molecular flexibility index (Phi) is 6.52. The Balaban J connectivity index is 2.72. The van der Waals surface area contributed by atoms with Gasteiger partial charge < -0.3 is 9.84 Å². The molecule has 0 spiro atoms. The molecule has 6 nitrogen and oxygen atoms in total. The van der Waals surface area contributed by atoms with Gasteiger partial charge in [0.2, 0.25) is 0 Å². The minimum atomic E-state index is -0.877. The summed E-state index contributed by atoms with van der Waals surface area (Å²) >= 11 is 0. The van der Waals surface area contributed by atoms with Crippen molar-refractivity contribution in [2.75, 3.05) is 7.11 Å². The summed E-state index contributed by atoms with van der Waals surface area (Å²) in [6.07, 6.45) is 4.23. The lowest BCUT2D eigenvalue weighted by molar-refractivity contribution is -0.137. The third-order valence-electron chi connectivity index (χ3n) is 3.17. The van der Waals surface area contributed by atoms with Gasteiger partial charge in [0.15, 0.2) is 5.78 Å². The molecule has 0 aliphatic rings. The number of hydrogen-bond acceptors (Lipinski definition) is 5. The van der Waals surface area contributed by atoms with E-state index < -0.39 is 11.9 Å². The number of Topliss-reactive ketones (excluding diaryl/α,β-unsaturated/α-hetero) is 2. The van der Waals surface area contributed by atoms with E-state index >= 15 is 0 Å². The molecule has 0 fully saturated rings. The van der Waals surface area contributed by atoms with Crippen LogP contribution in [-0.4, -0.2) is 34.7 Å². The van der Waals surface area contributed by atoms with E-state index in [2.05, 4.69) is 4.98 Å². The van der Waals surface area contributed by atoms with Gasteiger partial charge in [-0.2, -0.15) is 0 Å². The Hall–Kier alpha value is -2.24. The van der Waals surface area contributed by atoms with E-state index in [9.17, 15) is 14.4 Å². The number of hydrogen-bond donors (Lipinski definition) is 1. The molecular weight excluding hydrogens is 274 g/mol. The predicted molar refractivity (Wildman–Crippen MR) is 75.4 cm³/mol. The lowest BCUT2D eigenvalue weighted by atomic mass is 9.90. The first-order valence-electron chi connectivity index (χ1n) is 6.71. The molecule has 1 heterocycles. The number of carboxylic acid groups (broad SMARTS) is 1. The van der Waals surface area contributed by atoms with Gasteiger partial charge in [-0.25, -0.2) is 0 Å². The van der Waals surface area contributed by atoms with E-state index in [4.69, 9.17) is 9.84 Å². The van der Waals surface area contributed by atoms with Gasteiger partial charge in [-0.3, -0.25) is 19.4 Å². The van der Waals surface area contributed by atoms with Gasteiger partial charge in [-0.05, 0) is 25.8 Å².